The molecule has 2 unspecified atom stereocenters. The number of hydrogen-bond donors (Lipinski definition) is 3. The van der Waals surface area contributed by atoms with Crippen molar-refractivity contribution in [3.8, 4) is 0 Å². The van der Waals surface area contributed by atoms with Gasteiger partial charge in [0, 0.05) is 12.6 Å². The molecule has 25 heavy (non-hydrogen) atoms. The highest BCUT2D eigenvalue weighted by Crippen LogP contribution is 2.31. The predicted molar refractivity (Wildman–Crippen MR) is 96.3 cm³/mol. The number of nitrogens with two attached hydrogens (primary N) is 1. The van der Waals surface area contributed by atoms with E-state index in [4.69, 9.17) is 5.73 Å². The van der Waals surface area contributed by atoms with Crippen LogP contribution in [0.15, 0.2) is 29.2 Å². The molecule has 1 fully saturated rings. The lowest BCUT2D eigenvalue weighted by Crippen LogP contribution is -2.51. The molecule has 1 aromatic carbocycles. The van der Waals surface area contributed by atoms with Crippen LogP contribution in [-0.2, 0) is 14.8 Å². The summed E-state index contributed by atoms with van der Waals surface area (Å²) in [7, 11) is -4.14. The van der Waals surface area contributed by atoms with Crippen LogP contribution in [0.2, 0.25) is 0 Å². The van der Waals surface area contributed by atoms with Crippen LogP contribution in [0.3, 0.4) is 0 Å². The average Bonchev–Trinajstić information content (AvgIpc) is 3.35. The van der Waals surface area contributed by atoms with Crippen molar-refractivity contribution in [1.82, 2.24) is 10.0 Å². The molecular formula is C16H25ClFN3O3S. The Bertz CT molecular complexity index is 696. The number of hydrogen-bond acceptors (Lipinski definition) is 4. The maximum atomic E-state index is 13.8. The molecule has 0 radical (unpaired) electrons. The summed E-state index contributed by atoms with van der Waals surface area (Å²) in [5.41, 5.74) is 5.94. The molecule has 1 saturated carbocycles. The SMILES string of the molecule is CC(C)C(NS(=O)(=O)c1ccccc1F)C(=O)NCC(N)C1CC1.Cl. The maximum absolute atomic E-state index is 13.8. The first-order valence-electron chi connectivity index (χ1n) is 8.02. The number of rotatable bonds is 8. The smallest absolute Gasteiger partial charge is 0.244 e. The topological polar surface area (TPSA) is 101 Å². The molecule has 4 N–H and O–H groups in total. The first-order chi connectivity index (χ1) is 11.2. The van der Waals surface area contributed by atoms with E-state index in [-0.39, 0.29) is 24.4 Å². The highest BCUT2D eigenvalue weighted by atomic mass is 35.5. The molecule has 1 aromatic rings. The van der Waals surface area contributed by atoms with Crippen molar-refractivity contribution in [2.45, 2.75) is 43.7 Å². The third-order valence-electron chi connectivity index (χ3n) is 4.10. The van der Waals surface area contributed by atoms with Crippen LogP contribution in [0.4, 0.5) is 4.39 Å². The van der Waals surface area contributed by atoms with E-state index in [0.29, 0.717) is 12.5 Å². The van der Waals surface area contributed by atoms with Gasteiger partial charge in [0.1, 0.15) is 16.8 Å². The molecule has 1 amide bonds. The minimum atomic E-state index is -4.14. The second kappa shape index (κ2) is 8.93. The Morgan fingerprint density at radius 1 is 1.32 bits per heavy atom. The van der Waals surface area contributed by atoms with E-state index in [2.05, 4.69) is 10.0 Å². The second-order valence-corrected chi connectivity index (χ2v) is 8.20. The largest absolute Gasteiger partial charge is 0.353 e. The van der Waals surface area contributed by atoms with Crippen molar-refractivity contribution in [3.05, 3.63) is 30.1 Å². The summed E-state index contributed by atoms with van der Waals surface area (Å²) in [5.74, 6) is -1.19. The van der Waals surface area contributed by atoms with Crippen molar-refractivity contribution in [2.75, 3.05) is 6.54 Å². The minimum absolute atomic E-state index is 0. The fourth-order valence-electron chi connectivity index (χ4n) is 2.41. The fourth-order valence-corrected chi connectivity index (χ4v) is 3.83. The van der Waals surface area contributed by atoms with E-state index in [1.807, 2.05) is 0 Å². The van der Waals surface area contributed by atoms with Crippen LogP contribution >= 0.6 is 12.4 Å². The van der Waals surface area contributed by atoms with Gasteiger partial charge < -0.3 is 11.1 Å². The van der Waals surface area contributed by atoms with Gasteiger partial charge in [-0.25, -0.2) is 12.8 Å². The number of amides is 1. The van der Waals surface area contributed by atoms with Gasteiger partial charge in [0.2, 0.25) is 15.9 Å². The average molecular weight is 394 g/mol. The molecule has 142 valence electrons. The molecular weight excluding hydrogens is 369 g/mol. The van der Waals surface area contributed by atoms with Crippen molar-refractivity contribution in [1.29, 1.82) is 0 Å². The number of benzene rings is 1. The second-order valence-electron chi connectivity index (χ2n) is 6.52. The van der Waals surface area contributed by atoms with Crippen LogP contribution < -0.4 is 15.8 Å². The Morgan fingerprint density at radius 3 is 2.44 bits per heavy atom. The first-order valence-corrected chi connectivity index (χ1v) is 9.51. The third-order valence-corrected chi connectivity index (χ3v) is 5.57. The summed E-state index contributed by atoms with van der Waals surface area (Å²) in [6.07, 6.45) is 2.12. The Labute approximate surface area is 154 Å². The van der Waals surface area contributed by atoms with Crippen LogP contribution in [0.5, 0.6) is 0 Å². The molecule has 0 saturated heterocycles. The van der Waals surface area contributed by atoms with E-state index < -0.39 is 32.7 Å². The van der Waals surface area contributed by atoms with E-state index in [1.54, 1.807) is 13.8 Å². The lowest BCUT2D eigenvalue weighted by molar-refractivity contribution is -0.123. The van der Waals surface area contributed by atoms with Gasteiger partial charge in [-0.15, -0.1) is 12.4 Å². The van der Waals surface area contributed by atoms with Gasteiger partial charge in [0.25, 0.3) is 0 Å². The number of halogens is 2. The molecule has 0 spiro atoms. The lowest BCUT2D eigenvalue weighted by atomic mass is 10.0. The normalized spacial score (nSPS) is 16.8. The van der Waals surface area contributed by atoms with Crippen molar-refractivity contribution in [2.24, 2.45) is 17.6 Å². The number of carbonyl (C=O) groups excluding carboxylic acids is 1. The van der Waals surface area contributed by atoms with Crippen LogP contribution in [0, 0.1) is 17.7 Å². The third kappa shape index (κ3) is 5.91. The van der Waals surface area contributed by atoms with Crippen LogP contribution in [-0.4, -0.2) is 33.0 Å². The monoisotopic (exact) mass is 393 g/mol. The van der Waals surface area contributed by atoms with Gasteiger partial charge in [-0.3, -0.25) is 4.79 Å². The fraction of sp³-hybridized carbons (Fsp3) is 0.562. The Hall–Kier alpha value is -1.22. The molecule has 2 atom stereocenters. The predicted octanol–water partition coefficient (Wildman–Crippen LogP) is 1.40. The van der Waals surface area contributed by atoms with Gasteiger partial charge in [0.05, 0.1) is 0 Å². The zero-order valence-electron chi connectivity index (χ0n) is 14.2. The summed E-state index contributed by atoms with van der Waals surface area (Å²) >= 11 is 0. The van der Waals surface area contributed by atoms with Crippen molar-refractivity contribution in [3.63, 3.8) is 0 Å². The molecule has 0 bridgehead atoms. The summed E-state index contributed by atoms with van der Waals surface area (Å²) < 4.78 is 40.8. The Kier molecular flexibility index (Phi) is 7.80. The van der Waals surface area contributed by atoms with Crippen molar-refractivity contribution >= 4 is 28.3 Å². The summed E-state index contributed by atoms with van der Waals surface area (Å²) in [5, 5.41) is 2.69. The standard InChI is InChI=1S/C16H24FN3O3S.ClH/c1-10(2)15(16(21)19-9-13(18)11-7-8-11)20-24(22,23)14-6-4-3-5-12(14)17;/h3-6,10-11,13,15,20H,7-9,18H2,1-2H3,(H,19,21);1H. The van der Waals surface area contributed by atoms with E-state index in [1.165, 1.54) is 12.1 Å². The maximum Gasteiger partial charge on any atom is 0.244 e. The van der Waals surface area contributed by atoms with Gasteiger partial charge in [-0.05, 0) is 36.8 Å². The van der Waals surface area contributed by atoms with Gasteiger partial charge in [-0.1, -0.05) is 26.0 Å². The zero-order chi connectivity index (χ0) is 17.9. The summed E-state index contributed by atoms with van der Waals surface area (Å²) in [6.45, 7) is 3.73. The number of sulfonamides is 1. The number of carbonyl (C=O) groups is 1. The van der Waals surface area contributed by atoms with E-state index in [0.717, 1.165) is 25.0 Å². The molecule has 1 aliphatic carbocycles. The molecule has 0 aromatic heterocycles. The van der Waals surface area contributed by atoms with E-state index in [9.17, 15) is 17.6 Å². The molecule has 6 nitrogen and oxygen atoms in total. The summed E-state index contributed by atoms with van der Waals surface area (Å²) in [4.78, 5) is 11.9. The molecule has 0 aliphatic heterocycles. The highest BCUT2D eigenvalue weighted by molar-refractivity contribution is 7.89. The highest BCUT2D eigenvalue weighted by Gasteiger charge is 2.32. The van der Waals surface area contributed by atoms with Gasteiger partial charge >= 0.3 is 0 Å². The quantitative estimate of drug-likeness (QED) is 0.621. The molecule has 9 heteroatoms. The molecule has 0 heterocycles. The van der Waals surface area contributed by atoms with Gasteiger partial charge in [0.15, 0.2) is 0 Å². The van der Waals surface area contributed by atoms with Gasteiger partial charge in [-0.2, -0.15) is 4.72 Å². The minimum Gasteiger partial charge on any atom is -0.353 e. The molecule has 2 rings (SSSR count). The number of nitrogens with one attached hydrogen (secondary N) is 2. The van der Waals surface area contributed by atoms with E-state index >= 15 is 0 Å². The van der Waals surface area contributed by atoms with Crippen LogP contribution in [0.1, 0.15) is 26.7 Å². The summed E-state index contributed by atoms with van der Waals surface area (Å²) in [6, 6.07) is 3.94. The van der Waals surface area contributed by atoms with Crippen LogP contribution in [0.25, 0.3) is 0 Å². The van der Waals surface area contributed by atoms with Crippen molar-refractivity contribution < 1.29 is 17.6 Å². The lowest BCUT2D eigenvalue weighted by Gasteiger charge is -2.22. The Balaban J connectivity index is 0.00000312. The first kappa shape index (κ1) is 21.8. The Morgan fingerprint density at radius 2 is 1.92 bits per heavy atom. The zero-order valence-corrected chi connectivity index (χ0v) is 15.9. The molecule has 1 aliphatic rings.